The summed E-state index contributed by atoms with van der Waals surface area (Å²) in [5.74, 6) is 0. The lowest BCUT2D eigenvalue weighted by molar-refractivity contribution is -0.0505. The second kappa shape index (κ2) is 8.84. The lowest BCUT2D eigenvalue weighted by Gasteiger charge is -2.03. The first-order valence-electron chi connectivity index (χ1n) is 6.91. The van der Waals surface area contributed by atoms with Gasteiger partial charge in [-0.25, -0.2) is 0 Å². The maximum atomic E-state index is 5.12. The molecule has 0 aliphatic heterocycles. The molecule has 0 amide bonds. The van der Waals surface area contributed by atoms with Crippen molar-refractivity contribution in [2.45, 2.75) is 13.8 Å². The Hall–Kier alpha value is -1.66. The molecule has 2 aromatic carbocycles. The van der Waals surface area contributed by atoms with Gasteiger partial charge in [-0.1, -0.05) is 66.4 Å². The van der Waals surface area contributed by atoms with Crippen LogP contribution in [0.2, 0.25) is 0 Å². The van der Waals surface area contributed by atoms with E-state index in [0.717, 1.165) is 31.5 Å². The fourth-order valence-corrected chi connectivity index (χ4v) is 2.29. The highest BCUT2D eigenvalue weighted by molar-refractivity contribution is 9.10. The smallest absolute Gasteiger partial charge is 0.280 e. The van der Waals surface area contributed by atoms with E-state index in [1.54, 1.807) is 0 Å². The van der Waals surface area contributed by atoms with Crippen molar-refractivity contribution in [3.63, 3.8) is 0 Å². The van der Waals surface area contributed by atoms with E-state index >= 15 is 0 Å². The highest BCUT2D eigenvalue weighted by Crippen LogP contribution is 2.12. The minimum Gasteiger partial charge on any atom is -0.352 e. The van der Waals surface area contributed by atoms with Crippen LogP contribution in [-0.4, -0.2) is 18.2 Å². The van der Waals surface area contributed by atoms with Gasteiger partial charge in [-0.05, 0) is 49.2 Å². The summed E-state index contributed by atoms with van der Waals surface area (Å²) in [5.41, 5.74) is 3.52. The highest BCUT2D eigenvalue weighted by atomic mass is 79.9. The van der Waals surface area contributed by atoms with Crippen LogP contribution in [0.4, 0.5) is 0 Å². The average molecular weight is 440 g/mol. The van der Waals surface area contributed by atoms with E-state index < -0.39 is 0 Å². The first-order valence-corrected chi connectivity index (χ1v) is 8.50. The van der Waals surface area contributed by atoms with Crippen molar-refractivity contribution in [2.75, 3.05) is 6.79 Å². The van der Waals surface area contributed by atoms with Crippen LogP contribution in [-0.2, 0) is 9.68 Å². The fourth-order valence-electron chi connectivity index (χ4n) is 1.76. The lowest BCUT2D eigenvalue weighted by Crippen LogP contribution is -2.00. The molecule has 0 bridgehead atoms. The average Bonchev–Trinajstić information content (AvgIpc) is 2.55. The molecule has 0 saturated heterocycles. The molecule has 2 rings (SSSR count). The van der Waals surface area contributed by atoms with Crippen molar-refractivity contribution in [1.29, 1.82) is 0 Å². The van der Waals surface area contributed by atoms with E-state index in [9.17, 15) is 0 Å². The molecule has 0 unspecified atom stereocenters. The number of rotatable bonds is 6. The minimum absolute atomic E-state index is 0.0399. The first kappa shape index (κ1) is 17.7. The predicted octanol–water partition coefficient (Wildman–Crippen LogP) is 5.35. The summed E-state index contributed by atoms with van der Waals surface area (Å²) >= 11 is 6.79. The second-order valence-corrected chi connectivity index (χ2v) is 6.57. The monoisotopic (exact) mass is 438 g/mol. The molecule has 0 aromatic heterocycles. The topological polar surface area (TPSA) is 43.2 Å². The standard InChI is InChI=1S/C17H16Br2N2O2/c1-12(14-3-7-16(18)8-4-14)20-22-11-23-21-13(2)15-5-9-17(19)10-6-15/h3-10H,11H2,1-2H3/b20-12-,21-13+. The summed E-state index contributed by atoms with van der Waals surface area (Å²) in [5, 5.41) is 8.01. The Labute approximate surface area is 152 Å². The predicted molar refractivity (Wildman–Crippen MR) is 99.7 cm³/mol. The third-order valence-corrected chi connectivity index (χ3v) is 4.09. The zero-order valence-corrected chi connectivity index (χ0v) is 16.0. The molecule has 0 radical (unpaired) electrons. The van der Waals surface area contributed by atoms with Crippen LogP contribution in [0, 0.1) is 0 Å². The van der Waals surface area contributed by atoms with Crippen LogP contribution in [0.25, 0.3) is 0 Å². The van der Waals surface area contributed by atoms with Crippen molar-refractivity contribution < 1.29 is 9.68 Å². The van der Waals surface area contributed by atoms with Gasteiger partial charge in [0.1, 0.15) is 0 Å². The third-order valence-electron chi connectivity index (χ3n) is 3.03. The molecule has 0 aliphatic carbocycles. The van der Waals surface area contributed by atoms with Crippen LogP contribution in [0.3, 0.4) is 0 Å². The van der Waals surface area contributed by atoms with E-state index in [0.29, 0.717) is 0 Å². The fraction of sp³-hybridized carbons (Fsp3) is 0.176. The van der Waals surface area contributed by atoms with Crippen LogP contribution in [0.1, 0.15) is 25.0 Å². The summed E-state index contributed by atoms with van der Waals surface area (Å²) in [7, 11) is 0. The Kier molecular flexibility index (Phi) is 6.80. The summed E-state index contributed by atoms with van der Waals surface area (Å²) in [6.07, 6.45) is 0. The molecular weight excluding hydrogens is 424 g/mol. The Bertz CT molecular complexity index is 634. The Morgan fingerprint density at radius 3 is 1.43 bits per heavy atom. The molecule has 0 atom stereocenters. The quantitative estimate of drug-likeness (QED) is 0.263. The zero-order valence-electron chi connectivity index (χ0n) is 12.8. The summed E-state index contributed by atoms with van der Waals surface area (Å²) < 4.78 is 2.05. The molecule has 0 heterocycles. The van der Waals surface area contributed by atoms with Crippen molar-refractivity contribution >= 4 is 43.3 Å². The van der Waals surface area contributed by atoms with Crippen molar-refractivity contribution in [2.24, 2.45) is 10.3 Å². The maximum Gasteiger partial charge on any atom is 0.280 e. The van der Waals surface area contributed by atoms with Crippen molar-refractivity contribution in [3.8, 4) is 0 Å². The molecule has 0 fully saturated rings. The van der Waals surface area contributed by atoms with E-state index in [2.05, 4.69) is 42.2 Å². The highest BCUT2D eigenvalue weighted by Gasteiger charge is 1.99. The maximum absolute atomic E-state index is 5.12. The molecule has 0 saturated carbocycles. The number of hydrogen-bond acceptors (Lipinski definition) is 4. The SMILES string of the molecule is C/C(=N/OCO/N=C(\C)c1ccc(Br)cc1)c1ccc(Br)cc1. The van der Waals surface area contributed by atoms with Crippen LogP contribution >= 0.6 is 31.9 Å². The van der Waals surface area contributed by atoms with Gasteiger partial charge >= 0.3 is 0 Å². The first-order chi connectivity index (χ1) is 11.1. The van der Waals surface area contributed by atoms with Gasteiger partial charge in [0, 0.05) is 8.95 Å². The van der Waals surface area contributed by atoms with Crippen LogP contribution in [0.15, 0.2) is 67.8 Å². The van der Waals surface area contributed by atoms with E-state index in [1.165, 1.54) is 0 Å². The number of benzene rings is 2. The molecule has 23 heavy (non-hydrogen) atoms. The van der Waals surface area contributed by atoms with Gasteiger partial charge in [0.05, 0.1) is 11.4 Å². The van der Waals surface area contributed by atoms with Gasteiger partial charge in [0.25, 0.3) is 6.79 Å². The Balaban J connectivity index is 1.82. The van der Waals surface area contributed by atoms with Gasteiger partial charge in [-0.15, -0.1) is 0 Å². The third kappa shape index (κ3) is 5.80. The number of oxime groups is 2. The molecule has 0 aliphatic rings. The van der Waals surface area contributed by atoms with Gasteiger partial charge in [-0.3, -0.25) is 0 Å². The minimum atomic E-state index is -0.0399. The lowest BCUT2D eigenvalue weighted by atomic mass is 10.1. The molecular formula is C17H16Br2N2O2. The largest absolute Gasteiger partial charge is 0.352 e. The summed E-state index contributed by atoms with van der Waals surface area (Å²) in [4.78, 5) is 10.2. The van der Waals surface area contributed by atoms with Gasteiger partial charge in [0.2, 0.25) is 0 Å². The Morgan fingerprint density at radius 2 is 1.09 bits per heavy atom. The van der Waals surface area contributed by atoms with Gasteiger partial charge in [-0.2, -0.15) is 0 Å². The normalized spacial score (nSPS) is 12.2. The summed E-state index contributed by atoms with van der Waals surface area (Å²) in [6, 6.07) is 15.7. The van der Waals surface area contributed by atoms with Gasteiger partial charge in [0.15, 0.2) is 0 Å². The van der Waals surface area contributed by atoms with E-state index in [-0.39, 0.29) is 6.79 Å². The van der Waals surface area contributed by atoms with Crippen LogP contribution < -0.4 is 0 Å². The molecule has 0 spiro atoms. The van der Waals surface area contributed by atoms with E-state index in [4.69, 9.17) is 9.68 Å². The molecule has 0 N–H and O–H groups in total. The molecule has 4 nitrogen and oxygen atoms in total. The number of hydrogen-bond donors (Lipinski definition) is 0. The van der Waals surface area contributed by atoms with Crippen molar-refractivity contribution in [3.05, 3.63) is 68.6 Å². The van der Waals surface area contributed by atoms with Gasteiger partial charge < -0.3 is 9.68 Å². The zero-order chi connectivity index (χ0) is 16.7. The molecule has 2 aromatic rings. The summed E-state index contributed by atoms with van der Waals surface area (Å²) in [6.45, 7) is 3.71. The number of halogens is 2. The van der Waals surface area contributed by atoms with E-state index in [1.807, 2.05) is 62.4 Å². The molecule has 6 heteroatoms. The molecule has 120 valence electrons. The second-order valence-electron chi connectivity index (χ2n) is 4.74. The number of nitrogens with zero attached hydrogens (tertiary/aromatic N) is 2. The van der Waals surface area contributed by atoms with Crippen LogP contribution in [0.5, 0.6) is 0 Å². The van der Waals surface area contributed by atoms with Crippen molar-refractivity contribution in [1.82, 2.24) is 0 Å². The Morgan fingerprint density at radius 1 is 0.739 bits per heavy atom.